The molecule has 3 aromatic heterocycles. The Labute approximate surface area is 200 Å². The number of carbonyl (C=O) groups excluding carboxylic acids is 1. The Morgan fingerprint density at radius 1 is 1.11 bits per heavy atom. The average Bonchev–Trinajstić information content (AvgIpc) is 3.44. The Bertz CT molecular complexity index is 1430. The number of imidazole rings is 1. The van der Waals surface area contributed by atoms with E-state index in [0.29, 0.717) is 42.0 Å². The van der Waals surface area contributed by atoms with Gasteiger partial charge in [0.2, 0.25) is 0 Å². The molecule has 1 amide bonds. The molecule has 1 saturated heterocycles. The molecular formula is C24H23N9O2. The monoisotopic (exact) mass is 469 g/mol. The van der Waals surface area contributed by atoms with Crippen LogP contribution < -0.4 is 15.0 Å². The van der Waals surface area contributed by atoms with Crippen LogP contribution in [0.3, 0.4) is 0 Å². The van der Waals surface area contributed by atoms with E-state index in [-0.39, 0.29) is 5.91 Å². The van der Waals surface area contributed by atoms with Gasteiger partial charge in [-0.25, -0.2) is 14.6 Å². The number of benzene rings is 1. The van der Waals surface area contributed by atoms with E-state index in [1.54, 1.807) is 10.9 Å². The third-order valence-corrected chi connectivity index (χ3v) is 6.75. The Morgan fingerprint density at radius 3 is 2.86 bits per heavy atom. The van der Waals surface area contributed by atoms with Crippen molar-refractivity contribution in [1.82, 2.24) is 34.7 Å². The van der Waals surface area contributed by atoms with Crippen LogP contribution in [-0.4, -0.2) is 60.3 Å². The Morgan fingerprint density at radius 2 is 2.03 bits per heavy atom. The largest absolute Gasteiger partial charge is 0.489 e. The zero-order valence-electron chi connectivity index (χ0n) is 19.0. The van der Waals surface area contributed by atoms with Gasteiger partial charge in [-0.05, 0) is 47.9 Å². The first kappa shape index (κ1) is 20.1. The van der Waals surface area contributed by atoms with E-state index in [1.807, 2.05) is 35.2 Å². The van der Waals surface area contributed by atoms with E-state index in [9.17, 15) is 4.79 Å². The number of amides is 1. The lowest BCUT2D eigenvalue weighted by atomic mass is 10.1. The van der Waals surface area contributed by atoms with Crippen LogP contribution in [0.5, 0.6) is 5.75 Å². The molecule has 1 N–H and O–H groups in total. The highest BCUT2D eigenvalue weighted by atomic mass is 16.5. The molecule has 0 spiro atoms. The zero-order valence-corrected chi connectivity index (χ0v) is 19.0. The summed E-state index contributed by atoms with van der Waals surface area (Å²) in [5.74, 6) is 1.41. The Kier molecular flexibility index (Phi) is 4.54. The van der Waals surface area contributed by atoms with Crippen LogP contribution >= 0.6 is 0 Å². The maximum atomic E-state index is 13.3. The van der Waals surface area contributed by atoms with Crippen molar-refractivity contribution in [2.24, 2.45) is 0 Å². The molecule has 11 nitrogen and oxygen atoms in total. The molecule has 7 rings (SSSR count). The van der Waals surface area contributed by atoms with Gasteiger partial charge >= 0.3 is 0 Å². The minimum atomic E-state index is -0.315. The predicted molar refractivity (Wildman–Crippen MR) is 127 cm³/mol. The fourth-order valence-corrected chi connectivity index (χ4v) is 4.56. The Balaban J connectivity index is 1.22. The van der Waals surface area contributed by atoms with Gasteiger partial charge < -0.3 is 19.5 Å². The van der Waals surface area contributed by atoms with Gasteiger partial charge in [-0.3, -0.25) is 4.79 Å². The molecule has 0 atom stereocenters. The topological polar surface area (TPSA) is 116 Å². The summed E-state index contributed by atoms with van der Waals surface area (Å²) in [5, 5.41) is 14.9. The smallest absolute Gasteiger partial charge is 0.274 e. The van der Waals surface area contributed by atoms with E-state index in [1.165, 1.54) is 12.8 Å². The molecule has 11 heteroatoms. The van der Waals surface area contributed by atoms with Crippen LogP contribution in [0.4, 0.5) is 11.4 Å². The molecule has 1 saturated carbocycles. The highest BCUT2D eigenvalue weighted by Crippen LogP contribution is 2.40. The molecule has 5 heterocycles. The van der Waals surface area contributed by atoms with Gasteiger partial charge in [0, 0.05) is 25.2 Å². The fraction of sp³-hybridized carbons (Fsp3) is 0.333. The second-order valence-electron chi connectivity index (χ2n) is 9.09. The van der Waals surface area contributed by atoms with Gasteiger partial charge in [0.05, 0.1) is 47.4 Å². The van der Waals surface area contributed by atoms with E-state index in [0.717, 1.165) is 42.1 Å². The van der Waals surface area contributed by atoms with E-state index in [2.05, 4.69) is 41.9 Å². The van der Waals surface area contributed by atoms with Crippen LogP contribution in [0, 0.1) is 0 Å². The van der Waals surface area contributed by atoms with E-state index < -0.39 is 0 Å². The summed E-state index contributed by atoms with van der Waals surface area (Å²) in [5.41, 5.74) is 4.63. The number of anilines is 2. The number of carbonyl (C=O) groups is 1. The van der Waals surface area contributed by atoms with Gasteiger partial charge in [-0.2, -0.15) is 0 Å². The molecular weight excluding hydrogens is 446 g/mol. The number of tetrazole rings is 1. The van der Waals surface area contributed by atoms with Crippen LogP contribution in [0.25, 0.3) is 17.1 Å². The first-order chi connectivity index (χ1) is 17.2. The first-order valence-electron chi connectivity index (χ1n) is 11.9. The molecule has 3 aliphatic rings. The minimum absolute atomic E-state index is 0.315. The number of hydrogen-bond acceptors (Lipinski definition) is 8. The van der Waals surface area contributed by atoms with Gasteiger partial charge in [0.1, 0.15) is 12.3 Å². The van der Waals surface area contributed by atoms with Crippen molar-refractivity contribution in [3.05, 3.63) is 54.4 Å². The van der Waals surface area contributed by atoms with Crippen molar-refractivity contribution >= 4 is 17.3 Å². The van der Waals surface area contributed by atoms with Crippen LogP contribution in [0.1, 0.15) is 41.4 Å². The second-order valence-corrected chi connectivity index (χ2v) is 9.09. The lowest BCUT2D eigenvalue weighted by molar-refractivity contribution is 0.102. The summed E-state index contributed by atoms with van der Waals surface area (Å²) in [6, 6.07) is 7.37. The highest BCUT2D eigenvalue weighted by Gasteiger charge is 2.27. The molecule has 4 aromatic rings. The van der Waals surface area contributed by atoms with Crippen LogP contribution in [0.2, 0.25) is 0 Å². The van der Waals surface area contributed by atoms with Gasteiger partial charge in [-0.15, -0.1) is 5.10 Å². The number of hydrogen-bond donors (Lipinski definition) is 1. The number of para-hydroxylation sites is 1. The second kappa shape index (κ2) is 7.90. The summed E-state index contributed by atoms with van der Waals surface area (Å²) in [6.45, 7) is 2.89. The molecule has 1 aliphatic carbocycles. The van der Waals surface area contributed by atoms with Crippen molar-refractivity contribution in [3.8, 4) is 22.8 Å². The van der Waals surface area contributed by atoms with Crippen LogP contribution in [0.15, 0.2) is 43.0 Å². The summed E-state index contributed by atoms with van der Waals surface area (Å²) in [4.78, 5) is 24.7. The number of ether oxygens (including phenoxy) is 1. The van der Waals surface area contributed by atoms with E-state index in [4.69, 9.17) is 4.74 Å². The molecule has 0 radical (unpaired) electrons. The first-order valence-corrected chi connectivity index (χ1v) is 11.9. The van der Waals surface area contributed by atoms with Crippen molar-refractivity contribution in [3.63, 3.8) is 0 Å². The number of pyridine rings is 1. The SMILES string of the molecule is O=C(Nc1cccc2c1OCCn1nnnc1-2)c1cc(-n2cnc(C3CC3)c2)c(N2CCC2)cn1. The number of nitrogens with zero attached hydrogens (tertiary/aromatic N) is 8. The maximum Gasteiger partial charge on any atom is 0.274 e. The molecule has 0 bridgehead atoms. The number of rotatable bonds is 5. The third-order valence-electron chi connectivity index (χ3n) is 6.75. The molecule has 2 fully saturated rings. The molecule has 1 aromatic carbocycles. The van der Waals surface area contributed by atoms with Gasteiger partial charge in [-0.1, -0.05) is 6.07 Å². The van der Waals surface area contributed by atoms with Crippen molar-refractivity contribution in [2.75, 3.05) is 29.9 Å². The standard InChI is InChI=1S/C24H23N9O2/c34-24(27-17-4-1-3-16-22(17)35-10-9-33-23(16)28-29-30-33)18-11-20(21(12-25-18)31-7-2-8-31)32-13-19(26-14-32)15-5-6-15/h1,3-4,11-15H,2,5-10H2,(H,27,34). The minimum Gasteiger partial charge on any atom is -0.489 e. The summed E-state index contributed by atoms with van der Waals surface area (Å²) >= 11 is 0. The number of nitrogens with one attached hydrogen (secondary N) is 1. The van der Waals surface area contributed by atoms with Gasteiger partial charge in [0.25, 0.3) is 5.91 Å². The zero-order chi connectivity index (χ0) is 23.4. The van der Waals surface area contributed by atoms with E-state index >= 15 is 0 Å². The highest BCUT2D eigenvalue weighted by molar-refractivity contribution is 6.05. The molecule has 0 unspecified atom stereocenters. The van der Waals surface area contributed by atoms with Crippen molar-refractivity contribution in [2.45, 2.75) is 31.7 Å². The maximum absolute atomic E-state index is 13.3. The molecule has 2 aliphatic heterocycles. The summed E-state index contributed by atoms with van der Waals surface area (Å²) < 4.78 is 9.68. The Hall–Kier alpha value is -4.28. The predicted octanol–water partition coefficient (Wildman–Crippen LogP) is 2.65. The van der Waals surface area contributed by atoms with Crippen molar-refractivity contribution < 1.29 is 9.53 Å². The normalized spacial score (nSPS) is 16.5. The average molecular weight is 470 g/mol. The molecule has 35 heavy (non-hydrogen) atoms. The lowest BCUT2D eigenvalue weighted by Crippen LogP contribution is -2.37. The molecule has 176 valence electrons. The van der Waals surface area contributed by atoms with Gasteiger partial charge in [0.15, 0.2) is 11.6 Å². The number of fused-ring (bicyclic) bond motifs is 3. The summed E-state index contributed by atoms with van der Waals surface area (Å²) in [7, 11) is 0. The summed E-state index contributed by atoms with van der Waals surface area (Å²) in [6.07, 6.45) is 9.24. The quantitative estimate of drug-likeness (QED) is 0.474. The number of aromatic nitrogens is 7. The van der Waals surface area contributed by atoms with Crippen molar-refractivity contribution in [1.29, 1.82) is 0 Å². The lowest BCUT2D eigenvalue weighted by Gasteiger charge is -2.34. The fourth-order valence-electron chi connectivity index (χ4n) is 4.56. The third kappa shape index (κ3) is 3.50. The van der Waals surface area contributed by atoms with Crippen LogP contribution in [-0.2, 0) is 6.54 Å².